The van der Waals surface area contributed by atoms with Gasteiger partial charge in [-0.1, -0.05) is 23.2 Å². The number of halogens is 2. The Hall–Kier alpha value is -1.63. The number of rotatable bonds is 6. The second-order valence-electron chi connectivity index (χ2n) is 4.89. The van der Waals surface area contributed by atoms with Crippen molar-refractivity contribution >= 4 is 40.4 Å². The van der Waals surface area contributed by atoms with Crippen molar-refractivity contribution in [3.8, 4) is 17.2 Å². The molecule has 0 aliphatic heterocycles. The molecule has 1 heterocycles. The van der Waals surface area contributed by atoms with Crippen LogP contribution in [0.3, 0.4) is 0 Å². The number of carbonyl (C=O) groups is 1. The van der Waals surface area contributed by atoms with E-state index in [1.165, 1.54) is 21.3 Å². The number of carbonyl (C=O) groups excluding carboxylic acids is 1. The Morgan fingerprint density at radius 1 is 1.08 bits per heavy atom. The SMILES string of the molecule is COc1cc(C(C)NC(=O)c2cc(Cl)sc2Cl)cc(OC)c1OC. The highest BCUT2D eigenvalue weighted by atomic mass is 35.5. The molecule has 1 N–H and O–H groups in total. The average molecular weight is 390 g/mol. The van der Waals surface area contributed by atoms with Crippen molar-refractivity contribution in [1.82, 2.24) is 5.32 Å². The third-order valence-electron chi connectivity index (χ3n) is 3.44. The van der Waals surface area contributed by atoms with Crippen LogP contribution in [0, 0.1) is 0 Å². The van der Waals surface area contributed by atoms with Crippen LogP contribution in [0.2, 0.25) is 8.67 Å². The van der Waals surface area contributed by atoms with E-state index in [-0.39, 0.29) is 11.9 Å². The highest BCUT2D eigenvalue weighted by molar-refractivity contribution is 7.20. The quantitative estimate of drug-likeness (QED) is 0.785. The van der Waals surface area contributed by atoms with Crippen LogP contribution in [0.25, 0.3) is 0 Å². The van der Waals surface area contributed by atoms with E-state index in [1.54, 1.807) is 18.2 Å². The number of thiophene rings is 1. The molecule has 5 nitrogen and oxygen atoms in total. The van der Waals surface area contributed by atoms with Crippen LogP contribution in [-0.4, -0.2) is 27.2 Å². The molecule has 0 radical (unpaired) electrons. The smallest absolute Gasteiger partial charge is 0.254 e. The zero-order valence-corrected chi connectivity index (χ0v) is 15.9. The molecule has 1 aromatic carbocycles. The molecule has 0 saturated carbocycles. The molecule has 0 saturated heterocycles. The Balaban J connectivity index is 2.27. The molecule has 24 heavy (non-hydrogen) atoms. The number of nitrogens with one attached hydrogen (secondary N) is 1. The molecule has 2 rings (SSSR count). The molecule has 130 valence electrons. The number of methoxy groups -OCH3 is 3. The van der Waals surface area contributed by atoms with E-state index in [2.05, 4.69) is 5.32 Å². The molecule has 0 spiro atoms. The molecular weight excluding hydrogens is 373 g/mol. The molecule has 1 atom stereocenters. The fourth-order valence-electron chi connectivity index (χ4n) is 2.20. The first-order chi connectivity index (χ1) is 11.4. The van der Waals surface area contributed by atoms with Crippen molar-refractivity contribution in [2.75, 3.05) is 21.3 Å². The summed E-state index contributed by atoms with van der Waals surface area (Å²) in [4.78, 5) is 12.4. The zero-order valence-electron chi connectivity index (χ0n) is 13.6. The first kappa shape index (κ1) is 18.7. The van der Waals surface area contributed by atoms with Gasteiger partial charge < -0.3 is 19.5 Å². The monoisotopic (exact) mass is 389 g/mol. The minimum atomic E-state index is -0.305. The fraction of sp³-hybridized carbons (Fsp3) is 0.312. The minimum Gasteiger partial charge on any atom is -0.493 e. The summed E-state index contributed by atoms with van der Waals surface area (Å²) >= 11 is 13.1. The zero-order chi connectivity index (χ0) is 17.9. The standard InChI is InChI=1S/C16H17Cl2NO4S/c1-8(19-16(20)10-7-13(17)24-15(10)18)9-5-11(21-2)14(23-4)12(6-9)22-3/h5-8H,1-4H3,(H,19,20). The van der Waals surface area contributed by atoms with Crippen molar-refractivity contribution in [2.45, 2.75) is 13.0 Å². The van der Waals surface area contributed by atoms with Gasteiger partial charge in [-0.2, -0.15) is 0 Å². The molecule has 0 fully saturated rings. The first-order valence-electron chi connectivity index (χ1n) is 6.96. The molecule has 2 aromatic rings. The predicted molar refractivity (Wildman–Crippen MR) is 96.3 cm³/mol. The second kappa shape index (κ2) is 7.96. The molecule has 1 unspecified atom stereocenters. The molecule has 0 aliphatic carbocycles. The average Bonchev–Trinajstić information content (AvgIpc) is 2.91. The minimum absolute atomic E-state index is 0.301. The molecule has 8 heteroatoms. The Morgan fingerprint density at radius 2 is 1.67 bits per heavy atom. The lowest BCUT2D eigenvalue weighted by atomic mass is 10.1. The molecule has 1 amide bonds. The van der Waals surface area contributed by atoms with Gasteiger partial charge in [-0.05, 0) is 30.7 Å². The largest absolute Gasteiger partial charge is 0.493 e. The summed E-state index contributed by atoms with van der Waals surface area (Å²) in [6.07, 6.45) is 0. The van der Waals surface area contributed by atoms with Gasteiger partial charge in [0.05, 0.1) is 37.3 Å². The topological polar surface area (TPSA) is 56.8 Å². The summed E-state index contributed by atoms with van der Waals surface area (Å²) in [6.45, 7) is 1.85. The number of amides is 1. The predicted octanol–water partition coefficient (Wildman–Crippen LogP) is 4.57. The third-order valence-corrected chi connectivity index (χ3v) is 4.92. The van der Waals surface area contributed by atoms with Gasteiger partial charge in [0.2, 0.25) is 5.75 Å². The van der Waals surface area contributed by atoms with Gasteiger partial charge in [-0.15, -0.1) is 11.3 Å². The van der Waals surface area contributed by atoms with Crippen LogP contribution < -0.4 is 19.5 Å². The van der Waals surface area contributed by atoms with Crippen LogP contribution in [0.1, 0.15) is 28.9 Å². The number of hydrogen-bond donors (Lipinski definition) is 1. The summed E-state index contributed by atoms with van der Waals surface area (Å²) in [6, 6.07) is 4.82. The maximum Gasteiger partial charge on any atom is 0.254 e. The van der Waals surface area contributed by atoms with Crippen molar-refractivity contribution in [3.05, 3.63) is 38.0 Å². The highest BCUT2D eigenvalue weighted by Crippen LogP contribution is 2.39. The summed E-state index contributed by atoms with van der Waals surface area (Å²) in [5.74, 6) is 1.23. The lowest BCUT2D eigenvalue weighted by Gasteiger charge is -2.18. The van der Waals surface area contributed by atoms with Crippen LogP contribution >= 0.6 is 34.5 Å². The number of benzene rings is 1. The van der Waals surface area contributed by atoms with Crippen LogP contribution in [0.5, 0.6) is 17.2 Å². The Bertz CT molecular complexity index is 723. The van der Waals surface area contributed by atoms with E-state index in [9.17, 15) is 4.79 Å². The Morgan fingerprint density at radius 3 is 2.08 bits per heavy atom. The van der Waals surface area contributed by atoms with Crippen molar-refractivity contribution in [2.24, 2.45) is 0 Å². The van der Waals surface area contributed by atoms with Crippen molar-refractivity contribution in [3.63, 3.8) is 0 Å². The van der Waals surface area contributed by atoms with Gasteiger partial charge in [0.1, 0.15) is 4.34 Å². The molecule has 0 aliphatic rings. The lowest BCUT2D eigenvalue weighted by molar-refractivity contribution is 0.0940. The summed E-state index contributed by atoms with van der Waals surface area (Å²) < 4.78 is 16.8. The highest BCUT2D eigenvalue weighted by Gasteiger charge is 2.20. The van der Waals surface area contributed by atoms with Gasteiger partial charge in [-0.25, -0.2) is 0 Å². The Kier molecular flexibility index (Phi) is 6.21. The van der Waals surface area contributed by atoms with Crippen LogP contribution in [0.4, 0.5) is 0 Å². The molecule has 0 bridgehead atoms. The maximum atomic E-state index is 12.4. The van der Waals surface area contributed by atoms with E-state index in [4.69, 9.17) is 37.4 Å². The van der Waals surface area contributed by atoms with E-state index in [1.807, 2.05) is 6.92 Å². The maximum absolute atomic E-state index is 12.4. The summed E-state index contributed by atoms with van der Waals surface area (Å²) in [5, 5.41) is 2.88. The van der Waals surface area contributed by atoms with Crippen molar-refractivity contribution in [1.29, 1.82) is 0 Å². The van der Waals surface area contributed by atoms with E-state index in [0.717, 1.165) is 16.9 Å². The van der Waals surface area contributed by atoms with Gasteiger partial charge in [0.25, 0.3) is 5.91 Å². The van der Waals surface area contributed by atoms with Gasteiger partial charge in [-0.3, -0.25) is 4.79 Å². The summed E-state index contributed by atoms with van der Waals surface area (Å²) in [5.41, 5.74) is 1.15. The van der Waals surface area contributed by atoms with Gasteiger partial charge in [0.15, 0.2) is 11.5 Å². The van der Waals surface area contributed by atoms with E-state index in [0.29, 0.717) is 31.5 Å². The Labute approximate surface area is 154 Å². The third kappa shape index (κ3) is 3.88. The van der Waals surface area contributed by atoms with Gasteiger partial charge in [0, 0.05) is 0 Å². The van der Waals surface area contributed by atoms with E-state index < -0.39 is 0 Å². The fourth-order valence-corrected chi connectivity index (χ4v) is 3.66. The van der Waals surface area contributed by atoms with Crippen LogP contribution in [0.15, 0.2) is 18.2 Å². The van der Waals surface area contributed by atoms with Gasteiger partial charge >= 0.3 is 0 Å². The molecular formula is C16H17Cl2NO4S. The van der Waals surface area contributed by atoms with E-state index >= 15 is 0 Å². The summed E-state index contributed by atoms with van der Waals surface area (Å²) in [7, 11) is 4.61. The first-order valence-corrected chi connectivity index (χ1v) is 8.54. The lowest BCUT2D eigenvalue weighted by Crippen LogP contribution is -2.26. The normalized spacial score (nSPS) is 11.8. The number of hydrogen-bond acceptors (Lipinski definition) is 5. The molecule has 1 aromatic heterocycles. The van der Waals surface area contributed by atoms with Crippen molar-refractivity contribution < 1.29 is 19.0 Å². The van der Waals surface area contributed by atoms with Crippen LogP contribution in [-0.2, 0) is 0 Å². The second-order valence-corrected chi connectivity index (χ2v) is 7.18. The number of ether oxygens (including phenoxy) is 3.